The molecule has 2 nitrogen and oxygen atoms in total. The van der Waals surface area contributed by atoms with Crippen molar-refractivity contribution >= 4 is 27.3 Å². The van der Waals surface area contributed by atoms with Crippen LogP contribution in [0.4, 0.5) is 0 Å². The summed E-state index contributed by atoms with van der Waals surface area (Å²) in [5, 5.41) is 13.5. The Balaban J connectivity index is 2.37. The lowest BCUT2D eigenvalue weighted by Crippen LogP contribution is -2.38. The highest BCUT2D eigenvalue weighted by atomic mass is 79.9. The van der Waals surface area contributed by atoms with Crippen LogP contribution in [0.5, 0.6) is 0 Å². The van der Waals surface area contributed by atoms with Crippen molar-refractivity contribution in [2.24, 2.45) is 5.92 Å². The van der Waals surface area contributed by atoms with E-state index in [4.69, 9.17) is 0 Å². The molecule has 1 aromatic heterocycles. The van der Waals surface area contributed by atoms with Crippen LogP contribution >= 0.6 is 27.3 Å². The van der Waals surface area contributed by atoms with Gasteiger partial charge < -0.3 is 10.4 Å². The van der Waals surface area contributed by atoms with Gasteiger partial charge in [-0.3, -0.25) is 0 Å². The van der Waals surface area contributed by atoms with E-state index >= 15 is 0 Å². The maximum Gasteiger partial charge on any atom is 0.0746 e. The van der Waals surface area contributed by atoms with Gasteiger partial charge in [0.25, 0.3) is 0 Å². The average Bonchev–Trinajstić information content (AvgIpc) is 2.43. The first kappa shape index (κ1) is 15.2. The van der Waals surface area contributed by atoms with Crippen molar-refractivity contribution in [3.63, 3.8) is 0 Å². The molecule has 1 aromatic rings. The maximum atomic E-state index is 10.2. The maximum absolute atomic E-state index is 10.2. The molecule has 0 aliphatic heterocycles. The van der Waals surface area contributed by atoms with Gasteiger partial charge in [-0.2, -0.15) is 0 Å². The highest BCUT2D eigenvalue weighted by Crippen LogP contribution is 2.26. The van der Waals surface area contributed by atoms with E-state index in [1.165, 1.54) is 14.2 Å². The van der Waals surface area contributed by atoms with Crippen molar-refractivity contribution in [2.45, 2.75) is 46.3 Å². The van der Waals surface area contributed by atoms with E-state index in [1.54, 1.807) is 11.3 Å². The number of hydrogen-bond acceptors (Lipinski definition) is 3. The summed E-state index contributed by atoms with van der Waals surface area (Å²) in [5.41, 5.74) is -0.613. The Morgan fingerprint density at radius 3 is 2.65 bits per heavy atom. The molecule has 0 spiro atoms. The van der Waals surface area contributed by atoms with E-state index in [2.05, 4.69) is 48.1 Å². The lowest BCUT2D eigenvalue weighted by molar-refractivity contribution is 0.0384. The molecule has 2 N–H and O–H groups in total. The Morgan fingerprint density at radius 1 is 1.53 bits per heavy atom. The van der Waals surface area contributed by atoms with Crippen molar-refractivity contribution in [1.82, 2.24) is 5.32 Å². The molecule has 0 saturated heterocycles. The second-order valence-corrected chi connectivity index (χ2v) is 7.51. The largest absolute Gasteiger partial charge is 0.389 e. The average molecular weight is 320 g/mol. The van der Waals surface area contributed by atoms with Crippen molar-refractivity contribution < 1.29 is 5.11 Å². The molecule has 0 fully saturated rings. The Kier molecular flexibility index (Phi) is 5.64. The molecule has 98 valence electrons. The minimum absolute atomic E-state index is 0.518. The minimum Gasteiger partial charge on any atom is -0.389 e. The third-order valence-electron chi connectivity index (χ3n) is 2.56. The summed E-state index contributed by atoms with van der Waals surface area (Å²) in [6.45, 7) is 9.73. The number of nitrogens with one attached hydrogen (secondary N) is 1. The van der Waals surface area contributed by atoms with Crippen LogP contribution in [0.1, 0.15) is 36.9 Å². The molecule has 17 heavy (non-hydrogen) atoms. The monoisotopic (exact) mass is 319 g/mol. The van der Waals surface area contributed by atoms with Crippen LogP contribution in [0.3, 0.4) is 0 Å². The molecule has 0 aliphatic rings. The van der Waals surface area contributed by atoms with E-state index in [-0.39, 0.29) is 0 Å². The third kappa shape index (κ3) is 5.51. The van der Waals surface area contributed by atoms with Crippen molar-refractivity contribution in [2.75, 3.05) is 6.54 Å². The van der Waals surface area contributed by atoms with Gasteiger partial charge in [0.2, 0.25) is 0 Å². The van der Waals surface area contributed by atoms with Crippen LogP contribution in [0.15, 0.2) is 10.5 Å². The van der Waals surface area contributed by atoms with Gasteiger partial charge in [-0.15, -0.1) is 11.3 Å². The van der Waals surface area contributed by atoms with Crippen molar-refractivity contribution in [1.29, 1.82) is 0 Å². The first-order valence-electron chi connectivity index (χ1n) is 5.98. The van der Waals surface area contributed by atoms with E-state index in [0.29, 0.717) is 12.5 Å². The zero-order valence-electron chi connectivity index (χ0n) is 11.0. The summed E-state index contributed by atoms with van der Waals surface area (Å²) in [5.74, 6) is 0.518. The zero-order valence-corrected chi connectivity index (χ0v) is 13.4. The molecule has 1 unspecified atom stereocenters. The number of rotatable bonds is 6. The Morgan fingerprint density at radius 2 is 2.18 bits per heavy atom. The summed E-state index contributed by atoms with van der Waals surface area (Å²) >= 11 is 5.30. The smallest absolute Gasteiger partial charge is 0.0746 e. The second-order valence-electron chi connectivity index (χ2n) is 5.32. The highest BCUT2D eigenvalue weighted by molar-refractivity contribution is 9.10. The van der Waals surface area contributed by atoms with E-state index < -0.39 is 5.60 Å². The molecule has 0 amide bonds. The van der Waals surface area contributed by atoms with E-state index in [0.717, 1.165) is 13.0 Å². The third-order valence-corrected chi connectivity index (χ3v) is 4.70. The van der Waals surface area contributed by atoms with Gasteiger partial charge in [0.15, 0.2) is 0 Å². The zero-order chi connectivity index (χ0) is 13.1. The van der Waals surface area contributed by atoms with Crippen LogP contribution in [0, 0.1) is 12.8 Å². The predicted molar refractivity (Wildman–Crippen MR) is 78.5 cm³/mol. The number of thiophene rings is 1. The number of aryl methyl sites for hydroxylation is 1. The van der Waals surface area contributed by atoms with Gasteiger partial charge in [0.1, 0.15) is 0 Å². The molecule has 0 saturated carbocycles. The number of halogens is 1. The standard InChI is InChI=1S/C13H22BrNOS/c1-9(2)6-13(4,16)8-15-7-11-5-12(14)10(3)17-11/h5,9,15-16H,6-8H2,1-4H3. The van der Waals surface area contributed by atoms with E-state index in [1.807, 2.05) is 6.92 Å². The summed E-state index contributed by atoms with van der Waals surface area (Å²) in [7, 11) is 0. The first-order valence-corrected chi connectivity index (χ1v) is 7.59. The molecule has 4 heteroatoms. The Bertz CT molecular complexity index is 341. The van der Waals surface area contributed by atoms with Crippen molar-refractivity contribution in [3.05, 3.63) is 20.3 Å². The van der Waals surface area contributed by atoms with E-state index in [9.17, 15) is 5.11 Å². The van der Waals surface area contributed by atoms with Crippen LogP contribution in [0.25, 0.3) is 0 Å². The number of hydrogen-bond donors (Lipinski definition) is 2. The van der Waals surface area contributed by atoms with Gasteiger partial charge in [0, 0.05) is 27.3 Å². The van der Waals surface area contributed by atoms with Crippen LogP contribution < -0.4 is 5.32 Å². The van der Waals surface area contributed by atoms with Gasteiger partial charge in [-0.25, -0.2) is 0 Å². The van der Waals surface area contributed by atoms with Crippen molar-refractivity contribution in [3.8, 4) is 0 Å². The van der Waals surface area contributed by atoms with Crippen LogP contribution in [0.2, 0.25) is 0 Å². The molecular weight excluding hydrogens is 298 g/mol. The molecule has 0 aromatic carbocycles. The quantitative estimate of drug-likeness (QED) is 0.837. The normalized spacial score (nSPS) is 15.2. The highest BCUT2D eigenvalue weighted by Gasteiger charge is 2.21. The molecular formula is C13H22BrNOS. The fraction of sp³-hybridized carbons (Fsp3) is 0.692. The summed E-state index contributed by atoms with van der Waals surface area (Å²) < 4.78 is 1.17. The molecule has 1 atom stereocenters. The second kappa shape index (κ2) is 6.32. The summed E-state index contributed by atoms with van der Waals surface area (Å²) in [4.78, 5) is 2.60. The van der Waals surface area contributed by atoms with Gasteiger partial charge in [-0.05, 0) is 48.2 Å². The Labute approximate surface area is 117 Å². The fourth-order valence-electron chi connectivity index (χ4n) is 2.01. The fourth-order valence-corrected chi connectivity index (χ4v) is 3.58. The SMILES string of the molecule is Cc1sc(CNCC(C)(O)CC(C)C)cc1Br. The van der Waals surface area contributed by atoms with Gasteiger partial charge >= 0.3 is 0 Å². The number of aliphatic hydroxyl groups is 1. The predicted octanol–water partition coefficient (Wildman–Crippen LogP) is 3.71. The molecule has 1 heterocycles. The minimum atomic E-state index is -0.613. The Hall–Kier alpha value is 0.100. The van der Waals surface area contributed by atoms with Gasteiger partial charge in [-0.1, -0.05) is 13.8 Å². The summed E-state index contributed by atoms with van der Waals surface area (Å²) in [6, 6.07) is 2.14. The molecule has 1 rings (SSSR count). The first-order chi connectivity index (χ1) is 7.80. The lowest BCUT2D eigenvalue weighted by Gasteiger charge is -2.25. The summed E-state index contributed by atoms with van der Waals surface area (Å²) in [6.07, 6.45) is 0.827. The topological polar surface area (TPSA) is 32.3 Å². The molecule has 0 aliphatic carbocycles. The van der Waals surface area contributed by atoms with Crippen LogP contribution in [-0.4, -0.2) is 17.3 Å². The van der Waals surface area contributed by atoms with Crippen LogP contribution in [-0.2, 0) is 6.54 Å². The lowest BCUT2D eigenvalue weighted by atomic mass is 9.94. The molecule has 0 bridgehead atoms. The molecule has 0 radical (unpaired) electrons. The van der Waals surface area contributed by atoms with Gasteiger partial charge in [0.05, 0.1) is 5.60 Å².